The van der Waals surface area contributed by atoms with Crippen LogP contribution in [0.3, 0.4) is 0 Å². The van der Waals surface area contributed by atoms with Crippen molar-refractivity contribution in [3.8, 4) is 0 Å². The van der Waals surface area contributed by atoms with Gasteiger partial charge in [0.15, 0.2) is 5.78 Å². The predicted octanol–water partition coefficient (Wildman–Crippen LogP) is 7.91. The maximum absolute atomic E-state index is 12.9. The van der Waals surface area contributed by atoms with E-state index in [2.05, 4.69) is 68.4 Å². The monoisotopic (exact) mass is 480 g/mol. The number of nitrogens with one attached hydrogen (secondary N) is 1. The Balaban J connectivity index is 0.00000145. The number of nitrogens with zero attached hydrogens (tertiary/aromatic N) is 1. The number of aryl methyl sites for hydroxylation is 1. The first-order valence-corrected chi connectivity index (χ1v) is 14.0. The first-order chi connectivity index (χ1) is 16.9. The lowest BCUT2D eigenvalue weighted by molar-refractivity contribution is 0.0720. The average Bonchev–Trinajstić information content (AvgIpc) is 2.89. The Hall–Kier alpha value is -2.13. The first kappa shape index (κ1) is 30.9. The van der Waals surface area contributed by atoms with E-state index < -0.39 is 0 Å². The lowest BCUT2D eigenvalue weighted by Crippen LogP contribution is -2.44. The molecule has 0 amide bonds. The molecule has 1 aliphatic carbocycles. The Morgan fingerprint density at radius 3 is 2.40 bits per heavy atom. The van der Waals surface area contributed by atoms with Gasteiger partial charge >= 0.3 is 0 Å². The molecule has 1 unspecified atom stereocenters. The van der Waals surface area contributed by atoms with Gasteiger partial charge in [0, 0.05) is 37.3 Å². The van der Waals surface area contributed by atoms with E-state index in [1.54, 1.807) is 0 Å². The largest absolute Gasteiger partial charge is 0.375 e. The quantitative estimate of drug-likeness (QED) is 0.288. The third-order valence-corrected chi connectivity index (χ3v) is 7.49. The molecule has 1 aliphatic heterocycles. The molecule has 0 aromatic heterocycles. The predicted molar refractivity (Wildman–Crippen MR) is 154 cm³/mol. The van der Waals surface area contributed by atoms with Crippen LogP contribution in [0.2, 0.25) is 0 Å². The van der Waals surface area contributed by atoms with Gasteiger partial charge in [-0.15, -0.1) is 0 Å². The summed E-state index contributed by atoms with van der Waals surface area (Å²) >= 11 is 0. The van der Waals surface area contributed by atoms with Gasteiger partial charge in [0.05, 0.1) is 0 Å². The van der Waals surface area contributed by atoms with Crippen LogP contribution in [0.1, 0.15) is 95.1 Å². The van der Waals surface area contributed by atoms with Crippen LogP contribution in [-0.4, -0.2) is 36.9 Å². The van der Waals surface area contributed by atoms with Crippen molar-refractivity contribution in [3.63, 3.8) is 0 Å². The molecular weight excluding hydrogens is 428 g/mol. The third kappa shape index (κ3) is 8.49. The fraction of sp³-hybridized carbons (Fsp3) is 0.594. The van der Waals surface area contributed by atoms with Gasteiger partial charge in [-0.1, -0.05) is 77.6 Å². The Morgan fingerprint density at radius 2 is 1.83 bits per heavy atom. The highest BCUT2D eigenvalue weighted by Gasteiger charge is 2.41. The zero-order valence-electron chi connectivity index (χ0n) is 23.8. The van der Waals surface area contributed by atoms with Gasteiger partial charge in [-0.05, 0) is 81.0 Å². The number of benzene rings is 1. The molecule has 1 saturated heterocycles. The van der Waals surface area contributed by atoms with Crippen LogP contribution >= 0.6 is 0 Å². The van der Waals surface area contributed by atoms with Crippen molar-refractivity contribution < 1.29 is 4.79 Å². The molecule has 3 nitrogen and oxygen atoms in total. The SMILES string of the molecule is C=C/C(=C\C)CNCCC(CC)C(=C)N1CCC2(CC1)CC(=O)c1cc(C)ccc1C2.CC.CC. The van der Waals surface area contributed by atoms with E-state index in [9.17, 15) is 4.79 Å². The Morgan fingerprint density at radius 1 is 1.17 bits per heavy atom. The number of carbonyl (C=O) groups is 1. The molecule has 0 saturated carbocycles. The molecule has 35 heavy (non-hydrogen) atoms. The number of hydrogen-bond acceptors (Lipinski definition) is 3. The summed E-state index contributed by atoms with van der Waals surface area (Å²) in [5.41, 5.74) is 6.08. The van der Waals surface area contributed by atoms with E-state index in [-0.39, 0.29) is 5.41 Å². The standard InChI is InChI=1S/C28H40N2O.2C2H6/c1-6-23(7-2)20-29-14-11-24(8-3)22(5)30-15-12-28(13-16-30)18-25-10-9-21(4)17-26(25)27(31)19-28;2*1-2/h6-7,9-10,17,24,29H,1,5,8,11-16,18-20H2,2-4H3;2*1-2H3/b23-7+;;. The maximum Gasteiger partial charge on any atom is 0.163 e. The van der Waals surface area contributed by atoms with Gasteiger partial charge in [0.1, 0.15) is 0 Å². The average molecular weight is 481 g/mol. The number of Topliss-reactive ketones (excluding diaryl/α,β-unsaturated/α-hetero) is 1. The highest BCUT2D eigenvalue weighted by atomic mass is 16.1. The fourth-order valence-electron chi connectivity index (χ4n) is 5.29. The van der Waals surface area contributed by atoms with Crippen molar-refractivity contribution in [2.45, 2.75) is 87.0 Å². The summed E-state index contributed by atoms with van der Waals surface area (Å²) in [4.78, 5) is 15.4. The molecule has 1 aromatic rings. The first-order valence-electron chi connectivity index (χ1n) is 14.0. The number of likely N-dealkylation sites (tertiary alicyclic amines) is 1. The summed E-state index contributed by atoms with van der Waals surface area (Å²) in [6.07, 6.45) is 10.2. The van der Waals surface area contributed by atoms with Gasteiger partial charge in [0.25, 0.3) is 0 Å². The number of fused-ring (bicyclic) bond motifs is 1. The van der Waals surface area contributed by atoms with E-state index in [1.807, 2.05) is 33.8 Å². The van der Waals surface area contributed by atoms with E-state index in [4.69, 9.17) is 0 Å². The van der Waals surface area contributed by atoms with Crippen LogP contribution < -0.4 is 5.32 Å². The van der Waals surface area contributed by atoms with E-state index in [1.165, 1.54) is 22.4 Å². The number of rotatable bonds is 9. The topological polar surface area (TPSA) is 32.3 Å². The van der Waals surface area contributed by atoms with Gasteiger partial charge in [-0.2, -0.15) is 0 Å². The van der Waals surface area contributed by atoms with Crippen LogP contribution in [-0.2, 0) is 6.42 Å². The number of piperidine rings is 1. The lowest BCUT2D eigenvalue weighted by Gasteiger charge is -2.46. The van der Waals surface area contributed by atoms with Crippen molar-refractivity contribution in [1.29, 1.82) is 0 Å². The molecule has 1 aromatic carbocycles. The Bertz CT molecular complexity index is 843. The summed E-state index contributed by atoms with van der Waals surface area (Å²) in [7, 11) is 0. The molecule has 1 fully saturated rings. The lowest BCUT2D eigenvalue weighted by atomic mass is 9.65. The van der Waals surface area contributed by atoms with Crippen molar-refractivity contribution in [2.24, 2.45) is 11.3 Å². The number of allylic oxidation sites excluding steroid dienone is 2. The smallest absolute Gasteiger partial charge is 0.163 e. The van der Waals surface area contributed by atoms with E-state index in [0.29, 0.717) is 18.1 Å². The molecule has 3 heteroatoms. The Labute approximate surface area is 216 Å². The van der Waals surface area contributed by atoms with Crippen molar-refractivity contribution in [2.75, 3.05) is 26.2 Å². The molecule has 1 heterocycles. The van der Waals surface area contributed by atoms with Crippen molar-refractivity contribution >= 4 is 5.78 Å². The molecule has 3 rings (SSSR count). The van der Waals surface area contributed by atoms with E-state index >= 15 is 0 Å². The van der Waals surface area contributed by atoms with Gasteiger partial charge in [-0.25, -0.2) is 0 Å². The second-order valence-electron chi connectivity index (χ2n) is 9.55. The molecule has 0 radical (unpaired) electrons. The highest BCUT2D eigenvalue weighted by Crippen LogP contribution is 2.44. The molecule has 1 N–H and O–H groups in total. The number of ketones is 1. The molecule has 196 valence electrons. The molecular formula is C32H52N2O. The van der Waals surface area contributed by atoms with Gasteiger partial charge < -0.3 is 10.2 Å². The molecule has 1 spiro atoms. The summed E-state index contributed by atoms with van der Waals surface area (Å²) in [6.45, 7) is 26.7. The van der Waals surface area contributed by atoms with Crippen LogP contribution in [0.25, 0.3) is 0 Å². The highest BCUT2D eigenvalue weighted by molar-refractivity contribution is 5.99. The van der Waals surface area contributed by atoms with Gasteiger partial charge in [-0.3, -0.25) is 4.79 Å². The summed E-state index contributed by atoms with van der Waals surface area (Å²) in [5.74, 6) is 0.853. The summed E-state index contributed by atoms with van der Waals surface area (Å²) < 4.78 is 0. The van der Waals surface area contributed by atoms with Crippen molar-refractivity contribution in [3.05, 3.63) is 71.5 Å². The van der Waals surface area contributed by atoms with Crippen LogP contribution in [0.4, 0.5) is 0 Å². The molecule has 2 aliphatic rings. The van der Waals surface area contributed by atoms with Crippen LogP contribution in [0.5, 0.6) is 0 Å². The minimum absolute atomic E-state index is 0.146. The van der Waals surface area contributed by atoms with Crippen LogP contribution in [0, 0.1) is 18.3 Å². The third-order valence-electron chi connectivity index (χ3n) is 7.49. The molecule has 0 bridgehead atoms. The number of hydrogen-bond donors (Lipinski definition) is 1. The maximum atomic E-state index is 12.9. The summed E-state index contributed by atoms with van der Waals surface area (Å²) in [5, 5.41) is 3.54. The Kier molecular flexibility index (Phi) is 13.9. The second-order valence-corrected chi connectivity index (χ2v) is 9.55. The number of carbonyl (C=O) groups excluding carboxylic acids is 1. The minimum Gasteiger partial charge on any atom is -0.375 e. The second kappa shape index (κ2) is 15.8. The zero-order chi connectivity index (χ0) is 26.4. The van der Waals surface area contributed by atoms with Gasteiger partial charge in [0.2, 0.25) is 0 Å². The van der Waals surface area contributed by atoms with E-state index in [0.717, 1.165) is 63.8 Å². The fourth-order valence-corrected chi connectivity index (χ4v) is 5.29. The minimum atomic E-state index is 0.146. The normalized spacial score (nSPS) is 17.4. The van der Waals surface area contributed by atoms with Crippen LogP contribution in [0.15, 0.2) is 54.8 Å². The summed E-state index contributed by atoms with van der Waals surface area (Å²) in [6, 6.07) is 6.41. The molecule has 1 atom stereocenters. The van der Waals surface area contributed by atoms with Crippen molar-refractivity contribution in [1.82, 2.24) is 10.2 Å². The zero-order valence-corrected chi connectivity index (χ0v) is 23.8.